The van der Waals surface area contributed by atoms with Crippen molar-refractivity contribution in [2.45, 2.75) is 25.4 Å². The summed E-state index contributed by atoms with van der Waals surface area (Å²) in [6.45, 7) is 0.442. The normalized spacial score (nSPS) is 14.2. The van der Waals surface area contributed by atoms with Gasteiger partial charge in [-0.1, -0.05) is 29.3 Å². The summed E-state index contributed by atoms with van der Waals surface area (Å²) >= 11 is 11.9. The van der Waals surface area contributed by atoms with Crippen LogP contribution in [0.15, 0.2) is 36.4 Å². The molecule has 0 radical (unpaired) electrons. The highest BCUT2D eigenvalue weighted by molar-refractivity contribution is 6.35. The maximum Gasteiger partial charge on any atom is 0.146 e. The number of ether oxygens (including phenoxy) is 1. The van der Waals surface area contributed by atoms with Crippen LogP contribution in [-0.4, -0.2) is 6.04 Å². The van der Waals surface area contributed by atoms with Gasteiger partial charge < -0.3 is 10.1 Å². The lowest BCUT2D eigenvalue weighted by molar-refractivity contribution is 0.462. The molecule has 0 aromatic heterocycles. The molecule has 0 spiro atoms. The van der Waals surface area contributed by atoms with Crippen LogP contribution in [0, 0.1) is 5.82 Å². The molecule has 0 bridgehead atoms. The Morgan fingerprint density at radius 2 is 1.95 bits per heavy atom. The van der Waals surface area contributed by atoms with Gasteiger partial charge in [0, 0.05) is 23.2 Å². The Morgan fingerprint density at radius 1 is 1.14 bits per heavy atom. The van der Waals surface area contributed by atoms with Gasteiger partial charge in [0.25, 0.3) is 0 Å². The first kappa shape index (κ1) is 14.6. The molecule has 1 fully saturated rings. The summed E-state index contributed by atoms with van der Waals surface area (Å²) in [4.78, 5) is 0. The maximum atomic E-state index is 14.0. The van der Waals surface area contributed by atoms with E-state index < -0.39 is 0 Å². The summed E-state index contributed by atoms with van der Waals surface area (Å²) in [7, 11) is 0. The average molecular weight is 326 g/mol. The van der Waals surface area contributed by atoms with Crippen molar-refractivity contribution in [3.63, 3.8) is 0 Å². The van der Waals surface area contributed by atoms with Crippen molar-refractivity contribution in [3.05, 3.63) is 57.8 Å². The number of nitrogens with one attached hydrogen (secondary N) is 1. The van der Waals surface area contributed by atoms with Crippen molar-refractivity contribution in [2.75, 3.05) is 0 Å². The number of rotatable bonds is 5. The van der Waals surface area contributed by atoms with Gasteiger partial charge in [-0.2, -0.15) is 0 Å². The van der Waals surface area contributed by atoms with Crippen LogP contribution in [0.5, 0.6) is 11.5 Å². The number of hydrogen-bond donors (Lipinski definition) is 1. The van der Waals surface area contributed by atoms with E-state index in [1.807, 2.05) is 0 Å². The van der Waals surface area contributed by atoms with Gasteiger partial charge in [0.05, 0.1) is 5.02 Å². The predicted octanol–water partition coefficient (Wildman–Crippen LogP) is 5.18. The van der Waals surface area contributed by atoms with Crippen molar-refractivity contribution in [3.8, 4) is 11.5 Å². The largest absolute Gasteiger partial charge is 0.455 e. The van der Waals surface area contributed by atoms with Crippen LogP contribution in [-0.2, 0) is 6.54 Å². The van der Waals surface area contributed by atoms with Crippen LogP contribution in [0.3, 0.4) is 0 Å². The van der Waals surface area contributed by atoms with Crippen molar-refractivity contribution in [2.24, 2.45) is 0 Å². The highest BCUT2D eigenvalue weighted by Crippen LogP contribution is 2.34. The highest BCUT2D eigenvalue weighted by Gasteiger charge is 2.22. The fraction of sp³-hybridized carbons (Fsp3) is 0.250. The Morgan fingerprint density at radius 3 is 2.67 bits per heavy atom. The van der Waals surface area contributed by atoms with E-state index in [1.54, 1.807) is 30.3 Å². The molecule has 0 unspecified atom stereocenters. The van der Waals surface area contributed by atoms with E-state index in [0.29, 0.717) is 39.7 Å². The summed E-state index contributed by atoms with van der Waals surface area (Å²) in [6, 6.07) is 10.2. The molecule has 1 N–H and O–H groups in total. The summed E-state index contributed by atoms with van der Waals surface area (Å²) < 4.78 is 19.8. The minimum atomic E-state index is -0.286. The van der Waals surface area contributed by atoms with Gasteiger partial charge >= 0.3 is 0 Å². The van der Waals surface area contributed by atoms with Crippen molar-refractivity contribution in [1.29, 1.82) is 0 Å². The standard InChI is InChI=1S/C16H14Cl2FNO/c17-10-4-7-16(13(18)8-10)21-15-3-1-2-14(19)12(15)9-20-11-5-6-11/h1-4,7-8,11,20H,5-6,9H2. The van der Waals surface area contributed by atoms with Crippen LogP contribution in [0.1, 0.15) is 18.4 Å². The molecule has 1 aliphatic rings. The molecule has 0 heterocycles. The number of benzene rings is 2. The van der Waals surface area contributed by atoms with Crippen LogP contribution in [0.2, 0.25) is 10.0 Å². The van der Waals surface area contributed by atoms with Gasteiger partial charge in [0.1, 0.15) is 17.3 Å². The zero-order chi connectivity index (χ0) is 14.8. The van der Waals surface area contributed by atoms with E-state index in [0.717, 1.165) is 12.8 Å². The topological polar surface area (TPSA) is 21.3 Å². The molecule has 0 amide bonds. The molecule has 0 aliphatic heterocycles. The minimum Gasteiger partial charge on any atom is -0.455 e. The van der Waals surface area contributed by atoms with Gasteiger partial charge in [0.15, 0.2) is 0 Å². The molecule has 110 valence electrons. The minimum absolute atomic E-state index is 0.286. The van der Waals surface area contributed by atoms with E-state index in [-0.39, 0.29) is 5.82 Å². The molecule has 21 heavy (non-hydrogen) atoms. The van der Waals surface area contributed by atoms with Gasteiger partial charge in [0.2, 0.25) is 0 Å². The lowest BCUT2D eigenvalue weighted by atomic mass is 10.2. The molecular formula is C16H14Cl2FNO. The van der Waals surface area contributed by atoms with Gasteiger partial charge in [-0.05, 0) is 43.2 Å². The van der Waals surface area contributed by atoms with Crippen LogP contribution in [0.25, 0.3) is 0 Å². The summed E-state index contributed by atoms with van der Waals surface area (Å²) in [5, 5.41) is 4.22. The van der Waals surface area contributed by atoms with Crippen molar-refractivity contribution < 1.29 is 9.13 Å². The third-order valence-electron chi connectivity index (χ3n) is 3.33. The molecule has 3 rings (SSSR count). The fourth-order valence-corrected chi connectivity index (χ4v) is 2.46. The smallest absolute Gasteiger partial charge is 0.146 e. The van der Waals surface area contributed by atoms with Gasteiger partial charge in [-0.25, -0.2) is 4.39 Å². The quantitative estimate of drug-likeness (QED) is 0.818. The van der Waals surface area contributed by atoms with Crippen molar-refractivity contribution in [1.82, 2.24) is 5.32 Å². The molecule has 1 saturated carbocycles. The Labute approximate surface area is 132 Å². The third-order valence-corrected chi connectivity index (χ3v) is 3.87. The zero-order valence-electron chi connectivity index (χ0n) is 11.2. The molecule has 2 aromatic carbocycles. The molecule has 2 aromatic rings. The summed E-state index contributed by atoms with van der Waals surface area (Å²) in [5.74, 6) is 0.637. The fourth-order valence-electron chi connectivity index (χ4n) is 2.02. The molecular weight excluding hydrogens is 312 g/mol. The SMILES string of the molecule is Fc1cccc(Oc2ccc(Cl)cc2Cl)c1CNC1CC1. The Balaban J connectivity index is 1.84. The van der Waals surface area contributed by atoms with Crippen LogP contribution in [0.4, 0.5) is 4.39 Å². The predicted molar refractivity (Wildman–Crippen MR) is 82.8 cm³/mol. The Bertz CT molecular complexity index is 659. The molecule has 2 nitrogen and oxygen atoms in total. The second-order valence-corrected chi connectivity index (χ2v) is 5.89. The van der Waals surface area contributed by atoms with E-state index >= 15 is 0 Å². The lowest BCUT2D eigenvalue weighted by Gasteiger charge is -2.13. The number of hydrogen-bond acceptors (Lipinski definition) is 2. The second-order valence-electron chi connectivity index (χ2n) is 5.05. The molecule has 0 atom stereocenters. The van der Waals surface area contributed by atoms with E-state index in [9.17, 15) is 4.39 Å². The van der Waals surface area contributed by atoms with Gasteiger partial charge in [-0.3, -0.25) is 0 Å². The monoisotopic (exact) mass is 325 g/mol. The van der Waals surface area contributed by atoms with Crippen molar-refractivity contribution >= 4 is 23.2 Å². The van der Waals surface area contributed by atoms with Gasteiger partial charge in [-0.15, -0.1) is 0 Å². The summed E-state index contributed by atoms with van der Waals surface area (Å²) in [5.41, 5.74) is 0.510. The molecule has 5 heteroatoms. The third kappa shape index (κ3) is 3.67. The van der Waals surface area contributed by atoms with E-state index in [2.05, 4.69) is 5.32 Å². The average Bonchev–Trinajstić information content (AvgIpc) is 3.25. The Kier molecular flexibility index (Phi) is 4.34. The first-order valence-electron chi connectivity index (χ1n) is 6.77. The first-order valence-corrected chi connectivity index (χ1v) is 7.53. The zero-order valence-corrected chi connectivity index (χ0v) is 12.7. The second kappa shape index (κ2) is 6.22. The Hall–Kier alpha value is -1.29. The van der Waals surface area contributed by atoms with E-state index in [4.69, 9.17) is 27.9 Å². The van der Waals surface area contributed by atoms with Crippen LogP contribution >= 0.6 is 23.2 Å². The van der Waals surface area contributed by atoms with Crippen LogP contribution < -0.4 is 10.1 Å². The molecule has 1 aliphatic carbocycles. The maximum absolute atomic E-state index is 14.0. The lowest BCUT2D eigenvalue weighted by Crippen LogP contribution is -2.16. The highest BCUT2D eigenvalue weighted by atomic mass is 35.5. The first-order chi connectivity index (χ1) is 10.1. The molecule has 0 saturated heterocycles. The van der Waals surface area contributed by atoms with E-state index in [1.165, 1.54) is 6.07 Å². The number of halogens is 3. The summed E-state index contributed by atoms with van der Waals surface area (Å²) in [6.07, 6.45) is 2.29.